The fourth-order valence-electron chi connectivity index (χ4n) is 2.32. The first kappa shape index (κ1) is 9.66. The maximum atomic E-state index is 6.04. The van der Waals surface area contributed by atoms with Crippen LogP contribution in [0.4, 0.5) is 0 Å². The van der Waals surface area contributed by atoms with E-state index in [0.717, 1.165) is 6.42 Å². The second-order valence-electron chi connectivity index (χ2n) is 4.26. The molecule has 1 aromatic rings. The van der Waals surface area contributed by atoms with E-state index >= 15 is 0 Å². The molecule has 14 heavy (non-hydrogen) atoms. The number of nitrogens with two attached hydrogens (primary N) is 1. The Kier molecular flexibility index (Phi) is 3.14. The van der Waals surface area contributed by atoms with Gasteiger partial charge in [-0.3, -0.25) is 4.98 Å². The van der Waals surface area contributed by atoms with Crippen LogP contribution < -0.4 is 5.73 Å². The molecule has 2 N–H and O–H groups in total. The highest BCUT2D eigenvalue weighted by Crippen LogP contribution is 2.30. The molecular formula is C12H18N2. The van der Waals surface area contributed by atoms with Crippen LogP contribution in [0.15, 0.2) is 24.5 Å². The van der Waals surface area contributed by atoms with Crippen molar-refractivity contribution in [1.82, 2.24) is 4.98 Å². The number of rotatable bonds is 1. The highest BCUT2D eigenvalue weighted by Gasteiger charge is 2.18. The molecule has 0 amide bonds. The van der Waals surface area contributed by atoms with Crippen LogP contribution in [-0.4, -0.2) is 11.0 Å². The van der Waals surface area contributed by atoms with Gasteiger partial charge in [-0.25, -0.2) is 0 Å². The molecule has 0 aromatic carbocycles. The van der Waals surface area contributed by atoms with Crippen LogP contribution in [-0.2, 0) is 0 Å². The normalized spacial score (nSPS) is 28.4. The van der Waals surface area contributed by atoms with E-state index in [9.17, 15) is 0 Å². The Morgan fingerprint density at radius 2 is 2.14 bits per heavy atom. The second-order valence-corrected chi connectivity index (χ2v) is 4.26. The lowest BCUT2D eigenvalue weighted by Gasteiger charge is -2.16. The van der Waals surface area contributed by atoms with Gasteiger partial charge in [0.25, 0.3) is 0 Å². The quantitative estimate of drug-likeness (QED) is 0.691. The molecule has 2 rings (SSSR count). The van der Waals surface area contributed by atoms with Gasteiger partial charge in [-0.1, -0.05) is 18.9 Å². The van der Waals surface area contributed by atoms with E-state index in [4.69, 9.17) is 5.73 Å². The fraction of sp³-hybridized carbons (Fsp3) is 0.583. The monoisotopic (exact) mass is 190 g/mol. The number of hydrogen-bond donors (Lipinski definition) is 1. The van der Waals surface area contributed by atoms with Crippen molar-refractivity contribution in [2.45, 2.75) is 44.1 Å². The van der Waals surface area contributed by atoms with Crippen molar-refractivity contribution in [3.8, 4) is 0 Å². The third kappa shape index (κ3) is 2.32. The summed E-state index contributed by atoms with van der Waals surface area (Å²) in [7, 11) is 0. The zero-order chi connectivity index (χ0) is 9.80. The summed E-state index contributed by atoms with van der Waals surface area (Å²) in [6, 6.07) is 4.59. The van der Waals surface area contributed by atoms with Crippen LogP contribution in [0, 0.1) is 0 Å². The molecule has 1 aromatic heterocycles. The molecular weight excluding hydrogens is 172 g/mol. The van der Waals surface area contributed by atoms with Gasteiger partial charge in [0.05, 0.1) is 0 Å². The fourth-order valence-corrected chi connectivity index (χ4v) is 2.32. The Morgan fingerprint density at radius 3 is 2.93 bits per heavy atom. The molecule has 1 heterocycles. The first-order valence-corrected chi connectivity index (χ1v) is 5.52. The highest BCUT2D eigenvalue weighted by molar-refractivity contribution is 5.15. The molecule has 2 heteroatoms. The number of nitrogens with zero attached hydrogens (tertiary/aromatic N) is 1. The van der Waals surface area contributed by atoms with E-state index in [1.165, 1.54) is 31.2 Å². The largest absolute Gasteiger partial charge is 0.328 e. The maximum absolute atomic E-state index is 6.04. The SMILES string of the molecule is NC1CCCCC(c2cccnc2)C1. The summed E-state index contributed by atoms with van der Waals surface area (Å²) in [5.74, 6) is 0.640. The smallest absolute Gasteiger partial charge is 0.0302 e. The van der Waals surface area contributed by atoms with Gasteiger partial charge < -0.3 is 5.73 Å². The molecule has 2 atom stereocenters. The third-order valence-corrected chi connectivity index (χ3v) is 3.12. The zero-order valence-electron chi connectivity index (χ0n) is 8.52. The molecule has 2 nitrogen and oxygen atoms in total. The highest BCUT2D eigenvalue weighted by atomic mass is 14.6. The van der Waals surface area contributed by atoms with E-state index in [-0.39, 0.29) is 0 Å². The van der Waals surface area contributed by atoms with Crippen LogP contribution in [0.25, 0.3) is 0 Å². The molecule has 1 aliphatic rings. The van der Waals surface area contributed by atoms with E-state index in [1.807, 2.05) is 18.5 Å². The van der Waals surface area contributed by atoms with Crippen molar-refractivity contribution < 1.29 is 0 Å². The van der Waals surface area contributed by atoms with Crippen LogP contribution in [0.5, 0.6) is 0 Å². The molecule has 0 bridgehead atoms. The Morgan fingerprint density at radius 1 is 1.29 bits per heavy atom. The van der Waals surface area contributed by atoms with Crippen molar-refractivity contribution >= 4 is 0 Å². The van der Waals surface area contributed by atoms with Gasteiger partial charge in [0.1, 0.15) is 0 Å². The molecule has 2 unspecified atom stereocenters. The van der Waals surface area contributed by atoms with Gasteiger partial charge in [0.15, 0.2) is 0 Å². The zero-order valence-corrected chi connectivity index (χ0v) is 8.52. The second kappa shape index (κ2) is 4.56. The van der Waals surface area contributed by atoms with E-state index < -0.39 is 0 Å². The van der Waals surface area contributed by atoms with Crippen LogP contribution in [0.1, 0.15) is 43.6 Å². The minimum atomic E-state index is 0.391. The minimum absolute atomic E-state index is 0.391. The number of pyridine rings is 1. The Labute approximate surface area is 85.5 Å². The molecule has 0 spiro atoms. The van der Waals surface area contributed by atoms with Crippen LogP contribution in [0.2, 0.25) is 0 Å². The Hall–Kier alpha value is -0.890. The summed E-state index contributed by atoms with van der Waals surface area (Å²) in [6.07, 6.45) is 10.0. The van der Waals surface area contributed by atoms with Crippen molar-refractivity contribution in [3.05, 3.63) is 30.1 Å². The van der Waals surface area contributed by atoms with Crippen molar-refractivity contribution in [3.63, 3.8) is 0 Å². The summed E-state index contributed by atoms with van der Waals surface area (Å²) in [5.41, 5.74) is 7.41. The van der Waals surface area contributed by atoms with Gasteiger partial charge in [-0.2, -0.15) is 0 Å². The minimum Gasteiger partial charge on any atom is -0.328 e. The number of aromatic nitrogens is 1. The average molecular weight is 190 g/mol. The number of hydrogen-bond acceptors (Lipinski definition) is 2. The third-order valence-electron chi connectivity index (χ3n) is 3.12. The van der Waals surface area contributed by atoms with Gasteiger partial charge in [0.2, 0.25) is 0 Å². The maximum Gasteiger partial charge on any atom is 0.0302 e. The molecule has 76 valence electrons. The lowest BCUT2D eigenvalue weighted by molar-refractivity contribution is 0.534. The summed E-state index contributed by atoms with van der Waals surface area (Å²) in [5, 5.41) is 0. The van der Waals surface area contributed by atoms with Crippen LogP contribution >= 0.6 is 0 Å². The molecule has 0 radical (unpaired) electrons. The first-order chi connectivity index (χ1) is 6.86. The Balaban J connectivity index is 2.09. The predicted molar refractivity (Wildman–Crippen MR) is 58.0 cm³/mol. The van der Waals surface area contributed by atoms with E-state index in [1.54, 1.807) is 0 Å². The Bertz CT molecular complexity index is 271. The van der Waals surface area contributed by atoms with Gasteiger partial charge >= 0.3 is 0 Å². The van der Waals surface area contributed by atoms with Crippen molar-refractivity contribution in [2.24, 2.45) is 5.73 Å². The summed E-state index contributed by atoms with van der Waals surface area (Å²) >= 11 is 0. The average Bonchev–Trinajstić information content (AvgIpc) is 2.44. The van der Waals surface area contributed by atoms with Gasteiger partial charge in [-0.15, -0.1) is 0 Å². The summed E-state index contributed by atoms with van der Waals surface area (Å²) < 4.78 is 0. The van der Waals surface area contributed by atoms with E-state index in [2.05, 4.69) is 11.1 Å². The lowest BCUT2D eigenvalue weighted by atomic mass is 9.92. The molecule has 1 aliphatic carbocycles. The van der Waals surface area contributed by atoms with E-state index in [0.29, 0.717) is 12.0 Å². The molecule has 1 saturated carbocycles. The standard InChI is InChI=1S/C12H18N2/c13-12-6-2-1-4-10(8-12)11-5-3-7-14-9-11/h3,5,7,9-10,12H,1-2,4,6,8,13H2. The lowest BCUT2D eigenvalue weighted by Crippen LogP contribution is -2.20. The molecule has 0 aliphatic heterocycles. The summed E-state index contributed by atoms with van der Waals surface area (Å²) in [4.78, 5) is 4.17. The van der Waals surface area contributed by atoms with Crippen molar-refractivity contribution in [1.29, 1.82) is 0 Å². The predicted octanol–water partition coefficient (Wildman–Crippen LogP) is 2.46. The van der Waals surface area contributed by atoms with Crippen molar-refractivity contribution in [2.75, 3.05) is 0 Å². The van der Waals surface area contributed by atoms with Crippen LogP contribution in [0.3, 0.4) is 0 Å². The van der Waals surface area contributed by atoms with Gasteiger partial charge in [0, 0.05) is 18.4 Å². The summed E-state index contributed by atoms with van der Waals surface area (Å²) in [6.45, 7) is 0. The van der Waals surface area contributed by atoms with Gasteiger partial charge in [-0.05, 0) is 36.8 Å². The molecule has 0 saturated heterocycles. The first-order valence-electron chi connectivity index (χ1n) is 5.52. The topological polar surface area (TPSA) is 38.9 Å². The molecule has 1 fully saturated rings.